The average Bonchev–Trinajstić information content (AvgIpc) is 2.67. The van der Waals surface area contributed by atoms with Crippen LogP contribution >= 0.6 is 0 Å². The summed E-state index contributed by atoms with van der Waals surface area (Å²) >= 11 is 0. The first kappa shape index (κ1) is 17.0. The predicted molar refractivity (Wildman–Crippen MR) is 89.0 cm³/mol. The molecule has 0 aliphatic carbocycles. The number of rotatable bonds is 4. The molecule has 1 unspecified atom stereocenters. The lowest BCUT2D eigenvalue weighted by molar-refractivity contribution is 0.0458. The highest BCUT2D eigenvalue weighted by atomic mass is 16.4. The minimum Gasteiger partial charge on any atom is -0.476 e. The molecule has 25 heavy (non-hydrogen) atoms. The highest BCUT2D eigenvalue weighted by Gasteiger charge is 2.29. The van der Waals surface area contributed by atoms with E-state index in [2.05, 4.69) is 9.97 Å². The van der Waals surface area contributed by atoms with Crippen LogP contribution in [0, 0.1) is 5.92 Å². The van der Waals surface area contributed by atoms with E-state index >= 15 is 0 Å². The Bertz CT molecular complexity index is 741. The van der Waals surface area contributed by atoms with Crippen LogP contribution in [0.2, 0.25) is 0 Å². The molecule has 7 heteroatoms. The molecule has 2 heterocycles. The summed E-state index contributed by atoms with van der Waals surface area (Å²) in [5.74, 6) is -1.34. The van der Waals surface area contributed by atoms with Gasteiger partial charge in [-0.2, -0.15) is 0 Å². The number of carbonyl (C=O) groups excluding carboxylic acids is 1. The summed E-state index contributed by atoms with van der Waals surface area (Å²) in [5, 5.41) is 19.3. The van der Waals surface area contributed by atoms with E-state index in [0.29, 0.717) is 25.9 Å². The van der Waals surface area contributed by atoms with Gasteiger partial charge in [-0.05, 0) is 24.3 Å². The molecule has 0 radical (unpaired) electrons. The van der Waals surface area contributed by atoms with Gasteiger partial charge in [0.25, 0.3) is 5.91 Å². The van der Waals surface area contributed by atoms with E-state index in [0.717, 1.165) is 11.8 Å². The second-order valence-electron chi connectivity index (χ2n) is 6.08. The van der Waals surface area contributed by atoms with Crippen molar-refractivity contribution in [2.24, 2.45) is 5.92 Å². The van der Waals surface area contributed by atoms with Crippen molar-refractivity contribution in [1.82, 2.24) is 14.9 Å². The zero-order valence-electron chi connectivity index (χ0n) is 13.6. The summed E-state index contributed by atoms with van der Waals surface area (Å²) in [6.45, 7) is 1.05. The Balaban J connectivity index is 1.60. The molecule has 1 saturated heterocycles. The lowest BCUT2D eigenvalue weighted by atomic mass is 9.87. The van der Waals surface area contributed by atoms with Crippen molar-refractivity contribution in [1.29, 1.82) is 0 Å². The van der Waals surface area contributed by atoms with Gasteiger partial charge in [0.1, 0.15) is 5.69 Å². The van der Waals surface area contributed by atoms with Crippen molar-refractivity contribution in [3.63, 3.8) is 0 Å². The molecule has 2 N–H and O–H groups in total. The number of aliphatic hydroxyl groups is 1. The van der Waals surface area contributed by atoms with Crippen LogP contribution in [0.25, 0.3) is 0 Å². The molecule has 1 aromatic carbocycles. The molecule has 0 spiro atoms. The van der Waals surface area contributed by atoms with E-state index in [1.807, 2.05) is 30.3 Å². The molecule has 1 amide bonds. The number of amides is 1. The molecule has 2 aromatic rings. The smallest absolute Gasteiger partial charge is 0.356 e. The lowest BCUT2D eigenvalue weighted by Crippen LogP contribution is -2.40. The fraction of sp³-hybridized carbons (Fsp3) is 0.333. The van der Waals surface area contributed by atoms with Crippen molar-refractivity contribution in [2.75, 3.05) is 13.1 Å². The van der Waals surface area contributed by atoms with Gasteiger partial charge in [0.2, 0.25) is 0 Å². The normalized spacial score (nSPS) is 16.4. The third-order valence-electron chi connectivity index (χ3n) is 4.50. The van der Waals surface area contributed by atoms with Crippen molar-refractivity contribution >= 4 is 11.9 Å². The Kier molecular flexibility index (Phi) is 5.04. The quantitative estimate of drug-likeness (QED) is 0.878. The van der Waals surface area contributed by atoms with Crippen LogP contribution in [-0.4, -0.2) is 50.0 Å². The SMILES string of the molecule is O=C(O)c1cnc(C(=O)N2CCC(C(O)c3ccccc3)CC2)cn1. The number of likely N-dealkylation sites (tertiary alicyclic amines) is 1. The summed E-state index contributed by atoms with van der Waals surface area (Å²) in [5.41, 5.74) is 0.829. The maximum Gasteiger partial charge on any atom is 0.356 e. The van der Waals surface area contributed by atoms with Gasteiger partial charge in [0, 0.05) is 13.1 Å². The highest BCUT2D eigenvalue weighted by Crippen LogP contribution is 2.30. The number of carboxylic acids is 1. The summed E-state index contributed by atoms with van der Waals surface area (Å²) < 4.78 is 0. The standard InChI is InChI=1S/C18H19N3O4/c22-16(12-4-2-1-3-5-12)13-6-8-21(9-7-13)17(23)14-10-20-15(11-19-14)18(24)25/h1-5,10-11,13,16,22H,6-9H2,(H,24,25). The molecular formula is C18H19N3O4. The van der Waals surface area contributed by atoms with Crippen molar-refractivity contribution < 1.29 is 19.8 Å². The fourth-order valence-electron chi connectivity index (χ4n) is 3.05. The zero-order chi connectivity index (χ0) is 17.8. The van der Waals surface area contributed by atoms with Gasteiger partial charge in [-0.25, -0.2) is 14.8 Å². The highest BCUT2D eigenvalue weighted by molar-refractivity contribution is 5.92. The van der Waals surface area contributed by atoms with Crippen LogP contribution in [-0.2, 0) is 0 Å². The third-order valence-corrected chi connectivity index (χ3v) is 4.50. The van der Waals surface area contributed by atoms with Gasteiger partial charge in [0.15, 0.2) is 5.69 Å². The number of carbonyl (C=O) groups is 2. The van der Waals surface area contributed by atoms with Gasteiger partial charge in [-0.3, -0.25) is 4.79 Å². The van der Waals surface area contributed by atoms with E-state index in [9.17, 15) is 14.7 Å². The first-order valence-corrected chi connectivity index (χ1v) is 8.14. The van der Waals surface area contributed by atoms with E-state index in [4.69, 9.17) is 5.11 Å². The van der Waals surface area contributed by atoms with E-state index in [-0.39, 0.29) is 23.2 Å². The van der Waals surface area contributed by atoms with Crippen LogP contribution in [0.1, 0.15) is 45.5 Å². The van der Waals surface area contributed by atoms with Crippen LogP contribution < -0.4 is 0 Å². The Hall–Kier alpha value is -2.80. The minimum atomic E-state index is -1.18. The molecule has 1 atom stereocenters. The van der Waals surface area contributed by atoms with E-state index < -0.39 is 12.1 Å². The zero-order valence-corrected chi connectivity index (χ0v) is 13.6. The first-order chi connectivity index (χ1) is 12.1. The number of hydrogen-bond donors (Lipinski definition) is 2. The lowest BCUT2D eigenvalue weighted by Gasteiger charge is -2.34. The Morgan fingerprint density at radius 2 is 1.64 bits per heavy atom. The van der Waals surface area contributed by atoms with Crippen LogP contribution in [0.4, 0.5) is 0 Å². The van der Waals surface area contributed by atoms with E-state index in [1.165, 1.54) is 6.20 Å². The summed E-state index contributed by atoms with van der Waals surface area (Å²) in [4.78, 5) is 32.5. The average molecular weight is 341 g/mol. The maximum absolute atomic E-state index is 12.4. The van der Waals surface area contributed by atoms with Gasteiger partial charge in [0.05, 0.1) is 18.5 Å². The number of piperidine rings is 1. The van der Waals surface area contributed by atoms with Crippen molar-refractivity contribution in [2.45, 2.75) is 18.9 Å². The molecule has 130 valence electrons. The minimum absolute atomic E-state index is 0.104. The number of aliphatic hydroxyl groups excluding tert-OH is 1. The molecule has 1 aliphatic heterocycles. The van der Waals surface area contributed by atoms with Crippen molar-refractivity contribution in [3.05, 3.63) is 59.7 Å². The Labute approximate surface area is 145 Å². The van der Waals surface area contributed by atoms with E-state index in [1.54, 1.807) is 4.90 Å². The third kappa shape index (κ3) is 3.83. The maximum atomic E-state index is 12.4. The van der Waals surface area contributed by atoms with Crippen LogP contribution in [0.5, 0.6) is 0 Å². The van der Waals surface area contributed by atoms with Crippen molar-refractivity contribution in [3.8, 4) is 0 Å². The summed E-state index contributed by atoms with van der Waals surface area (Å²) in [6.07, 6.45) is 3.14. The molecule has 7 nitrogen and oxygen atoms in total. The van der Waals surface area contributed by atoms with Gasteiger partial charge in [-0.15, -0.1) is 0 Å². The summed E-state index contributed by atoms with van der Waals surface area (Å²) in [6, 6.07) is 9.52. The summed E-state index contributed by atoms with van der Waals surface area (Å²) in [7, 11) is 0. The number of aromatic nitrogens is 2. The Morgan fingerprint density at radius 1 is 1.04 bits per heavy atom. The van der Waals surface area contributed by atoms with Gasteiger partial charge in [-0.1, -0.05) is 30.3 Å². The first-order valence-electron chi connectivity index (χ1n) is 8.14. The van der Waals surface area contributed by atoms with Gasteiger partial charge < -0.3 is 15.1 Å². The Morgan fingerprint density at radius 3 is 2.20 bits per heavy atom. The molecule has 0 saturated carbocycles. The fourth-order valence-corrected chi connectivity index (χ4v) is 3.05. The number of carboxylic acid groups (broad SMARTS) is 1. The van der Waals surface area contributed by atoms with Crippen LogP contribution in [0.15, 0.2) is 42.7 Å². The molecule has 1 fully saturated rings. The molecule has 1 aliphatic rings. The second kappa shape index (κ2) is 7.40. The molecule has 0 bridgehead atoms. The predicted octanol–water partition coefficient (Wildman–Crippen LogP) is 1.76. The monoisotopic (exact) mass is 341 g/mol. The second-order valence-corrected chi connectivity index (χ2v) is 6.08. The largest absolute Gasteiger partial charge is 0.476 e. The molecule has 1 aromatic heterocycles. The van der Waals surface area contributed by atoms with Crippen LogP contribution in [0.3, 0.4) is 0 Å². The topological polar surface area (TPSA) is 104 Å². The number of nitrogens with zero attached hydrogens (tertiary/aromatic N) is 3. The number of hydrogen-bond acceptors (Lipinski definition) is 5. The molecular weight excluding hydrogens is 322 g/mol. The van der Waals surface area contributed by atoms with Gasteiger partial charge >= 0.3 is 5.97 Å². The number of benzene rings is 1. The molecule has 3 rings (SSSR count). The number of aromatic carboxylic acids is 1.